The number of carboxylic acid groups (broad SMARTS) is 1. The van der Waals surface area contributed by atoms with Gasteiger partial charge in [0.2, 0.25) is 11.8 Å². The zero-order chi connectivity index (χ0) is 15.7. The van der Waals surface area contributed by atoms with E-state index < -0.39 is 6.09 Å². The number of hydrogen-bond donors (Lipinski definition) is 1. The van der Waals surface area contributed by atoms with Gasteiger partial charge in [-0.2, -0.15) is 4.98 Å². The maximum absolute atomic E-state index is 10.9. The third-order valence-electron chi connectivity index (χ3n) is 4.59. The van der Waals surface area contributed by atoms with Gasteiger partial charge in [0.1, 0.15) is 6.10 Å². The Morgan fingerprint density at radius 2 is 2.09 bits per heavy atom. The molecule has 1 aromatic rings. The summed E-state index contributed by atoms with van der Waals surface area (Å²) in [5.74, 6) is 1.09. The molecule has 1 saturated carbocycles. The SMILES string of the molecule is COc1nc(OC2CCC3(CC2)CN(C(=O)O)C3)ccc1Br. The normalized spacial score (nSPS) is 20.5. The van der Waals surface area contributed by atoms with Crippen LogP contribution in [-0.2, 0) is 0 Å². The van der Waals surface area contributed by atoms with Crippen molar-refractivity contribution in [1.82, 2.24) is 9.88 Å². The minimum atomic E-state index is -0.810. The van der Waals surface area contributed by atoms with Crippen molar-refractivity contribution < 1.29 is 19.4 Å². The van der Waals surface area contributed by atoms with E-state index in [1.54, 1.807) is 7.11 Å². The first kappa shape index (κ1) is 15.4. The van der Waals surface area contributed by atoms with Gasteiger partial charge < -0.3 is 19.5 Å². The Labute approximate surface area is 137 Å². The molecule has 1 aliphatic heterocycles. The summed E-state index contributed by atoms with van der Waals surface area (Å²) in [5.41, 5.74) is 0.184. The number of ether oxygens (including phenoxy) is 2. The summed E-state index contributed by atoms with van der Waals surface area (Å²) in [5, 5.41) is 8.94. The van der Waals surface area contributed by atoms with Crippen molar-refractivity contribution in [3.63, 3.8) is 0 Å². The molecule has 7 heteroatoms. The molecule has 0 atom stereocenters. The summed E-state index contributed by atoms with van der Waals surface area (Å²) >= 11 is 3.37. The number of aromatic nitrogens is 1. The summed E-state index contributed by atoms with van der Waals surface area (Å²) in [7, 11) is 1.58. The van der Waals surface area contributed by atoms with Gasteiger partial charge in [0.05, 0.1) is 11.6 Å². The van der Waals surface area contributed by atoms with E-state index in [4.69, 9.17) is 14.6 Å². The first-order valence-electron chi connectivity index (χ1n) is 7.36. The van der Waals surface area contributed by atoms with Crippen molar-refractivity contribution in [1.29, 1.82) is 0 Å². The number of amides is 1. The summed E-state index contributed by atoms with van der Waals surface area (Å²) < 4.78 is 11.9. The number of halogens is 1. The molecule has 2 fully saturated rings. The van der Waals surface area contributed by atoms with Crippen LogP contribution in [-0.4, -0.2) is 47.4 Å². The quantitative estimate of drug-likeness (QED) is 0.884. The standard InChI is InChI=1S/C15H19BrN2O4/c1-21-13-11(16)2-3-12(17-13)22-10-4-6-15(7-5-10)8-18(9-15)14(19)20/h2-3,10H,4-9H2,1H3,(H,19,20). The summed E-state index contributed by atoms with van der Waals surface area (Å²) in [6.45, 7) is 1.33. The van der Waals surface area contributed by atoms with Gasteiger partial charge in [0.25, 0.3) is 0 Å². The van der Waals surface area contributed by atoms with Crippen LogP contribution in [0.2, 0.25) is 0 Å². The smallest absolute Gasteiger partial charge is 0.407 e. The molecule has 1 aliphatic carbocycles. The van der Waals surface area contributed by atoms with E-state index >= 15 is 0 Å². The van der Waals surface area contributed by atoms with Crippen molar-refractivity contribution in [2.75, 3.05) is 20.2 Å². The van der Waals surface area contributed by atoms with Crippen LogP contribution in [0.15, 0.2) is 16.6 Å². The van der Waals surface area contributed by atoms with E-state index in [0.29, 0.717) is 24.8 Å². The molecular weight excluding hydrogens is 352 g/mol. The van der Waals surface area contributed by atoms with E-state index in [1.165, 1.54) is 4.90 Å². The van der Waals surface area contributed by atoms with Crippen LogP contribution in [0.25, 0.3) is 0 Å². The molecule has 22 heavy (non-hydrogen) atoms. The highest BCUT2D eigenvalue weighted by atomic mass is 79.9. The van der Waals surface area contributed by atoms with Gasteiger partial charge in [0.15, 0.2) is 0 Å². The van der Waals surface area contributed by atoms with Gasteiger partial charge in [-0.1, -0.05) is 0 Å². The van der Waals surface area contributed by atoms with E-state index in [1.807, 2.05) is 12.1 Å². The van der Waals surface area contributed by atoms with Crippen molar-refractivity contribution >= 4 is 22.0 Å². The lowest BCUT2D eigenvalue weighted by Gasteiger charge is -2.52. The van der Waals surface area contributed by atoms with Crippen LogP contribution >= 0.6 is 15.9 Å². The number of hydrogen-bond acceptors (Lipinski definition) is 4. The molecule has 0 radical (unpaired) electrons. The largest absolute Gasteiger partial charge is 0.480 e. The van der Waals surface area contributed by atoms with Crippen molar-refractivity contribution in [3.8, 4) is 11.8 Å². The predicted octanol–water partition coefficient (Wildman–Crippen LogP) is 3.15. The third-order valence-corrected chi connectivity index (χ3v) is 5.19. The first-order valence-corrected chi connectivity index (χ1v) is 8.16. The summed E-state index contributed by atoms with van der Waals surface area (Å²) in [6.07, 6.45) is 3.23. The number of likely N-dealkylation sites (tertiary alicyclic amines) is 1. The minimum Gasteiger partial charge on any atom is -0.480 e. The molecule has 1 saturated heterocycles. The lowest BCUT2D eigenvalue weighted by Crippen LogP contribution is -2.59. The first-order chi connectivity index (χ1) is 10.5. The van der Waals surface area contributed by atoms with Gasteiger partial charge in [-0.15, -0.1) is 0 Å². The van der Waals surface area contributed by atoms with Gasteiger partial charge in [-0.3, -0.25) is 0 Å². The molecule has 0 aromatic carbocycles. The van der Waals surface area contributed by atoms with Gasteiger partial charge >= 0.3 is 6.09 Å². The van der Waals surface area contributed by atoms with Crippen LogP contribution in [0.4, 0.5) is 4.79 Å². The zero-order valence-electron chi connectivity index (χ0n) is 12.4. The van der Waals surface area contributed by atoms with E-state index in [9.17, 15) is 4.79 Å². The average molecular weight is 371 g/mol. The Bertz CT molecular complexity index is 565. The maximum Gasteiger partial charge on any atom is 0.407 e. The Morgan fingerprint density at radius 3 is 2.68 bits per heavy atom. The van der Waals surface area contributed by atoms with Gasteiger partial charge in [-0.25, -0.2) is 4.79 Å². The molecule has 1 amide bonds. The van der Waals surface area contributed by atoms with E-state index in [2.05, 4.69) is 20.9 Å². The number of pyridine rings is 1. The molecule has 2 aliphatic rings. The number of carbonyl (C=O) groups is 1. The van der Waals surface area contributed by atoms with Crippen LogP contribution in [0, 0.1) is 5.41 Å². The van der Waals surface area contributed by atoms with Crippen molar-refractivity contribution in [2.24, 2.45) is 5.41 Å². The fraction of sp³-hybridized carbons (Fsp3) is 0.600. The minimum absolute atomic E-state index is 0.142. The molecule has 1 spiro atoms. The Hall–Kier alpha value is -1.50. The van der Waals surface area contributed by atoms with Crippen LogP contribution in [0.3, 0.4) is 0 Å². The molecule has 120 valence electrons. The van der Waals surface area contributed by atoms with Crippen LogP contribution in [0.5, 0.6) is 11.8 Å². The Kier molecular flexibility index (Phi) is 4.16. The van der Waals surface area contributed by atoms with Gasteiger partial charge in [-0.05, 0) is 47.7 Å². The molecule has 0 bridgehead atoms. The molecule has 1 N–H and O–H groups in total. The lowest BCUT2D eigenvalue weighted by molar-refractivity contribution is -0.0374. The molecule has 1 aromatic heterocycles. The van der Waals surface area contributed by atoms with Crippen LogP contribution in [0.1, 0.15) is 25.7 Å². The predicted molar refractivity (Wildman–Crippen MR) is 83.4 cm³/mol. The van der Waals surface area contributed by atoms with Crippen molar-refractivity contribution in [3.05, 3.63) is 16.6 Å². The third kappa shape index (κ3) is 2.99. The second kappa shape index (κ2) is 5.95. The fourth-order valence-corrected chi connectivity index (χ4v) is 3.71. The molecule has 0 unspecified atom stereocenters. The maximum atomic E-state index is 10.9. The molecular formula is C15H19BrN2O4. The monoisotopic (exact) mass is 370 g/mol. The fourth-order valence-electron chi connectivity index (χ4n) is 3.32. The number of rotatable bonds is 3. The highest BCUT2D eigenvalue weighted by Crippen LogP contribution is 2.44. The van der Waals surface area contributed by atoms with Crippen LogP contribution < -0.4 is 9.47 Å². The molecule has 3 rings (SSSR count). The second-order valence-electron chi connectivity index (χ2n) is 6.10. The highest BCUT2D eigenvalue weighted by Gasteiger charge is 2.47. The number of nitrogens with zero attached hydrogens (tertiary/aromatic N) is 2. The second-order valence-corrected chi connectivity index (χ2v) is 6.95. The summed E-state index contributed by atoms with van der Waals surface area (Å²) in [6, 6.07) is 3.69. The summed E-state index contributed by atoms with van der Waals surface area (Å²) in [4.78, 5) is 16.7. The van der Waals surface area contributed by atoms with Gasteiger partial charge in [0, 0.05) is 24.6 Å². The van der Waals surface area contributed by atoms with E-state index in [-0.39, 0.29) is 11.5 Å². The molecule has 2 heterocycles. The topological polar surface area (TPSA) is 71.9 Å². The Balaban J connectivity index is 1.53. The Morgan fingerprint density at radius 1 is 1.41 bits per heavy atom. The van der Waals surface area contributed by atoms with Crippen molar-refractivity contribution in [2.45, 2.75) is 31.8 Å². The highest BCUT2D eigenvalue weighted by molar-refractivity contribution is 9.10. The van der Waals surface area contributed by atoms with E-state index in [0.717, 1.165) is 30.2 Å². The molecule has 6 nitrogen and oxygen atoms in total. The zero-order valence-corrected chi connectivity index (χ0v) is 14.0. The lowest BCUT2D eigenvalue weighted by atomic mass is 9.68. The number of methoxy groups -OCH3 is 1. The average Bonchev–Trinajstić information content (AvgIpc) is 2.47.